The highest BCUT2D eigenvalue weighted by Crippen LogP contribution is 2.06. The summed E-state index contributed by atoms with van der Waals surface area (Å²) in [5.41, 5.74) is 2.02. The topological polar surface area (TPSA) is 45.2 Å². The molecule has 1 rings (SSSR count). The zero-order valence-corrected chi connectivity index (χ0v) is 10.7. The average molecular weight is 233 g/mol. The minimum Gasteiger partial charge on any atom is -0.321 e. The molecular weight excluding hydrogens is 214 g/mol. The van der Waals surface area contributed by atoms with E-state index in [4.69, 9.17) is 0 Å². The van der Waals surface area contributed by atoms with Gasteiger partial charge in [0.25, 0.3) is 0 Å². The first kappa shape index (κ1) is 13.2. The maximum atomic E-state index is 11.9. The molecule has 1 N–H and O–H groups in total. The number of carbonyl (C=O) groups excluding carboxylic acids is 1. The molecule has 0 spiro atoms. The monoisotopic (exact) mass is 233 g/mol. The molecule has 0 aliphatic rings. The van der Waals surface area contributed by atoms with Gasteiger partial charge in [0.05, 0.1) is 0 Å². The van der Waals surface area contributed by atoms with Gasteiger partial charge in [-0.2, -0.15) is 0 Å². The highest BCUT2D eigenvalue weighted by molar-refractivity contribution is 5.88. The molecule has 1 heterocycles. The molecule has 0 atom stereocenters. The van der Waals surface area contributed by atoms with Crippen molar-refractivity contribution in [2.24, 2.45) is 0 Å². The van der Waals surface area contributed by atoms with Crippen LogP contribution in [0.25, 0.3) is 0 Å². The molecular formula is C13H19N3O. The highest BCUT2D eigenvalue weighted by atomic mass is 16.2. The number of amides is 2. The van der Waals surface area contributed by atoms with Crippen molar-refractivity contribution in [3.8, 4) is 0 Å². The summed E-state index contributed by atoms with van der Waals surface area (Å²) in [5, 5.41) is 2.76. The van der Waals surface area contributed by atoms with Crippen molar-refractivity contribution in [1.29, 1.82) is 0 Å². The summed E-state index contributed by atoms with van der Waals surface area (Å²) >= 11 is 0. The van der Waals surface area contributed by atoms with Crippen molar-refractivity contribution in [1.82, 2.24) is 9.88 Å². The van der Waals surface area contributed by atoms with Gasteiger partial charge in [0.1, 0.15) is 5.82 Å². The van der Waals surface area contributed by atoms with Crippen LogP contribution in [-0.4, -0.2) is 29.0 Å². The van der Waals surface area contributed by atoms with Crippen LogP contribution >= 0.6 is 0 Å². The Morgan fingerprint density at radius 2 is 2.24 bits per heavy atom. The maximum Gasteiger partial charge on any atom is 0.323 e. The van der Waals surface area contributed by atoms with E-state index >= 15 is 0 Å². The van der Waals surface area contributed by atoms with Gasteiger partial charge in [0.2, 0.25) is 0 Å². The number of nitrogens with one attached hydrogen (secondary N) is 1. The van der Waals surface area contributed by atoms with Crippen LogP contribution in [0.15, 0.2) is 30.5 Å². The van der Waals surface area contributed by atoms with Crippen LogP contribution in [0.4, 0.5) is 10.6 Å². The number of rotatable bonds is 4. The molecule has 0 saturated carbocycles. The fourth-order valence-corrected chi connectivity index (χ4v) is 1.38. The molecule has 0 aliphatic heterocycles. The zero-order chi connectivity index (χ0) is 12.8. The number of aryl methyl sites for hydroxylation is 1. The van der Waals surface area contributed by atoms with E-state index in [1.807, 2.05) is 26.8 Å². The SMILES string of the molecule is C=C(C)CN(CC)C(=O)Nc1ccc(C)cn1. The average Bonchev–Trinajstić information content (AvgIpc) is 2.28. The van der Waals surface area contributed by atoms with E-state index in [2.05, 4.69) is 16.9 Å². The second-order valence-corrected chi connectivity index (χ2v) is 4.12. The van der Waals surface area contributed by atoms with E-state index in [0.29, 0.717) is 18.9 Å². The molecule has 1 aromatic rings. The lowest BCUT2D eigenvalue weighted by atomic mass is 10.3. The van der Waals surface area contributed by atoms with Gasteiger partial charge in [-0.15, -0.1) is 0 Å². The quantitative estimate of drug-likeness (QED) is 0.813. The maximum absolute atomic E-state index is 11.9. The molecule has 4 heteroatoms. The smallest absolute Gasteiger partial charge is 0.321 e. The van der Waals surface area contributed by atoms with Crippen LogP contribution in [0.1, 0.15) is 19.4 Å². The number of aromatic nitrogens is 1. The van der Waals surface area contributed by atoms with Gasteiger partial charge in [0.15, 0.2) is 0 Å². The van der Waals surface area contributed by atoms with Crippen molar-refractivity contribution in [2.75, 3.05) is 18.4 Å². The molecule has 0 saturated heterocycles. The summed E-state index contributed by atoms with van der Waals surface area (Å²) in [7, 11) is 0. The lowest BCUT2D eigenvalue weighted by Gasteiger charge is -2.21. The molecule has 2 amide bonds. The normalized spacial score (nSPS) is 9.82. The van der Waals surface area contributed by atoms with E-state index in [1.54, 1.807) is 17.2 Å². The summed E-state index contributed by atoms with van der Waals surface area (Å²) in [6, 6.07) is 3.56. The van der Waals surface area contributed by atoms with Crippen LogP contribution < -0.4 is 5.32 Å². The Labute approximate surface area is 102 Å². The highest BCUT2D eigenvalue weighted by Gasteiger charge is 2.11. The van der Waals surface area contributed by atoms with E-state index in [1.165, 1.54) is 0 Å². The molecule has 0 radical (unpaired) electrons. The van der Waals surface area contributed by atoms with Crippen molar-refractivity contribution >= 4 is 11.8 Å². The first-order valence-corrected chi connectivity index (χ1v) is 5.66. The minimum atomic E-state index is -0.146. The summed E-state index contributed by atoms with van der Waals surface area (Å²) in [5.74, 6) is 0.570. The predicted molar refractivity (Wildman–Crippen MR) is 70.1 cm³/mol. The lowest BCUT2D eigenvalue weighted by Crippen LogP contribution is -2.36. The number of nitrogens with zero attached hydrogens (tertiary/aromatic N) is 2. The van der Waals surface area contributed by atoms with E-state index < -0.39 is 0 Å². The fourth-order valence-electron chi connectivity index (χ4n) is 1.38. The van der Waals surface area contributed by atoms with Gasteiger partial charge in [-0.25, -0.2) is 9.78 Å². The molecule has 92 valence electrons. The number of likely N-dealkylation sites (N-methyl/N-ethyl adjacent to an activating group) is 1. The lowest BCUT2D eigenvalue weighted by molar-refractivity contribution is 0.218. The predicted octanol–water partition coefficient (Wildman–Crippen LogP) is 2.82. The van der Waals surface area contributed by atoms with E-state index in [0.717, 1.165) is 11.1 Å². The first-order chi connectivity index (χ1) is 8.02. The van der Waals surface area contributed by atoms with Crippen LogP contribution in [0.3, 0.4) is 0 Å². The Morgan fingerprint density at radius 1 is 1.53 bits per heavy atom. The third-order valence-corrected chi connectivity index (χ3v) is 2.28. The first-order valence-electron chi connectivity index (χ1n) is 5.66. The Balaban J connectivity index is 2.63. The van der Waals surface area contributed by atoms with Crippen molar-refractivity contribution in [2.45, 2.75) is 20.8 Å². The van der Waals surface area contributed by atoms with Gasteiger partial charge >= 0.3 is 6.03 Å². The summed E-state index contributed by atoms with van der Waals surface area (Å²) < 4.78 is 0. The standard InChI is InChI=1S/C13H19N3O/c1-5-16(9-10(2)3)13(17)15-12-7-6-11(4)8-14-12/h6-8H,2,5,9H2,1,3-4H3,(H,14,15,17). The molecule has 0 fully saturated rings. The minimum absolute atomic E-state index is 0.146. The van der Waals surface area contributed by atoms with Gasteiger partial charge in [0, 0.05) is 19.3 Å². The van der Waals surface area contributed by atoms with E-state index in [-0.39, 0.29) is 6.03 Å². The van der Waals surface area contributed by atoms with Crippen LogP contribution in [-0.2, 0) is 0 Å². The third-order valence-electron chi connectivity index (χ3n) is 2.28. The van der Waals surface area contributed by atoms with Gasteiger partial charge in [-0.05, 0) is 32.4 Å². The molecule has 0 bridgehead atoms. The molecule has 0 aliphatic carbocycles. The van der Waals surface area contributed by atoms with Crippen molar-refractivity contribution in [3.05, 3.63) is 36.0 Å². The van der Waals surface area contributed by atoms with Crippen molar-refractivity contribution in [3.63, 3.8) is 0 Å². The Hall–Kier alpha value is -1.84. The molecule has 0 aromatic carbocycles. The Morgan fingerprint density at radius 3 is 2.71 bits per heavy atom. The molecule has 0 unspecified atom stereocenters. The van der Waals surface area contributed by atoms with Crippen LogP contribution in [0.5, 0.6) is 0 Å². The van der Waals surface area contributed by atoms with Crippen LogP contribution in [0, 0.1) is 6.92 Å². The number of urea groups is 1. The largest absolute Gasteiger partial charge is 0.323 e. The molecule has 17 heavy (non-hydrogen) atoms. The van der Waals surface area contributed by atoms with Gasteiger partial charge < -0.3 is 4.90 Å². The number of anilines is 1. The number of carbonyl (C=O) groups is 1. The number of pyridine rings is 1. The fraction of sp³-hybridized carbons (Fsp3) is 0.385. The second kappa shape index (κ2) is 6.03. The van der Waals surface area contributed by atoms with Crippen molar-refractivity contribution < 1.29 is 4.79 Å². The summed E-state index contributed by atoms with van der Waals surface area (Å²) in [6.07, 6.45) is 1.73. The number of hydrogen-bond donors (Lipinski definition) is 1. The van der Waals surface area contributed by atoms with Crippen LogP contribution in [0.2, 0.25) is 0 Å². The van der Waals surface area contributed by atoms with Gasteiger partial charge in [-0.1, -0.05) is 18.2 Å². The molecule has 4 nitrogen and oxygen atoms in total. The Kier molecular flexibility index (Phi) is 4.69. The Bertz CT molecular complexity index is 398. The second-order valence-electron chi connectivity index (χ2n) is 4.12. The zero-order valence-electron chi connectivity index (χ0n) is 10.7. The molecule has 1 aromatic heterocycles. The van der Waals surface area contributed by atoms with Gasteiger partial charge in [-0.3, -0.25) is 5.32 Å². The van der Waals surface area contributed by atoms with E-state index in [9.17, 15) is 4.79 Å². The summed E-state index contributed by atoms with van der Waals surface area (Å²) in [6.45, 7) is 10.8. The number of hydrogen-bond acceptors (Lipinski definition) is 2. The third kappa shape index (κ3) is 4.26. The summed E-state index contributed by atoms with van der Waals surface area (Å²) in [4.78, 5) is 17.7.